The van der Waals surface area contributed by atoms with Gasteiger partial charge in [0.15, 0.2) is 0 Å². The Morgan fingerprint density at radius 3 is 1.17 bits per heavy atom. The number of hydrogen-bond donors (Lipinski definition) is 4. The van der Waals surface area contributed by atoms with Crippen molar-refractivity contribution in [3.8, 4) is 69.3 Å². The van der Waals surface area contributed by atoms with E-state index in [0.29, 0.717) is 23.0 Å². The molecule has 0 radical (unpaired) electrons. The molecule has 0 unspecified atom stereocenters. The van der Waals surface area contributed by atoms with Gasteiger partial charge in [0.25, 0.3) is 0 Å². The lowest BCUT2D eigenvalue weighted by atomic mass is 9.65. The lowest BCUT2D eigenvalue weighted by molar-refractivity contribution is 0.456. The molecular formula is C53H36N2O4. The van der Waals surface area contributed by atoms with Crippen LogP contribution >= 0.6 is 0 Å². The highest BCUT2D eigenvalue weighted by Gasteiger charge is 2.49. The Morgan fingerprint density at radius 2 is 0.780 bits per heavy atom. The first-order valence-corrected chi connectivity index (χ1v) is 19.0. The molecule has 59 heavy (non-hydrogen) atoms. The largest absolute Gasteiger partial charge is 0.506 e. The van der Waals surface area contributed by atoms with E-state index in [1.807, 2.05) is 84.9 Å². The van der Waals surface area contributed by atoms with Crippen LogP contribution < -0.4 is 20.9 Å². The number of phenolic OH excluding ortho intramolecular Hbond substituents is 2. The van der Waals surface area contributed by atoms with E-state index in [9.17, 15) is 10.2 Å². The zero-order valence-corrected chi connectivity index (χ0v) is 31.7. The fraction of sp³-hybridized carbons (Fsp3) is 0.0189. The summed E-state index contributed by atoms with van der Waals surface area (Å²) < 4.78 is 12.4. The maximum absolute atomic E-state index is 10.3. The first-order chi connectivity index (χ1) is 28.9. The summed E-state index contributed by atoms with van der Waals surface area (Å²) in [5, 5.41) is 20.5. The Kier molecular flexibility index (Phi) is 9.43. The van der Waals surface area contributed by atoms with E-state index in [-0.39, 0.29) is 22.9 Å². The first kappa shape index (κ1) is 36.3. The van der Waals surface area contributed by atoms with Crippen molar-refractivity contribution in [2.45, 2.75) is 5.41 Å². The summed E-state index contributed by atoms with van der Waals surface area (Å²) >= 11 is 0. The normalized spacial score (nSPS) is 11.9. The molecule has 8 aromatic rings. The smallest absolute Gasteiger partial charge is 0.142 e. The molecule has 6 nitrogen and oxygen atoms in total. The molecule has 0 saturated heterocycles. The summed E-state index contributed by atoms with van der Waals surface area (Å²) in [6.45, 7) is 0. The highest BCUT2D eigenvalue weighted by Crippen LogP contribution is 2.58. The highest BCUT2D eigenvalue weighted by molar-refractivity contribution is 5.90. The number of phenols is 2. The third kappa shape index (κ3) is 6.93. The average Bonchev–Trinajstić information content (AvgIpc) is 3.58. The fourth-order valence-electron chi connectivity index (χ4n) is 7.75. The van der Waals surface area contributed by atoms with E-state index < -0.39 is 5.41 Å². The number of rotatable bonds is 6. The molecular weight excluding hydrogens is 729 g/mol. The zero-order valence-electron chi connectivity index (χ0n) is 31.7. The second-order valence-electron chi connectivity index (χ2n) is 14.1. The Hall–Kier alpha value is -8.32. The number of hydrogen-bond acceptors (Lipinski definition) is 6. The minimum absolute atomic E-state index is 0.0499. The van der Waals surface area contributed by atoms with Crippen LogP contribution in [0.15, 0.2) is 182 Å². The van der Waals surface area contributed by atoms with Crippen LogP contribution in [0.4, 0.5) is 11.4 Å². The summed E-state index contributed by atoms with van der Waals surface area (Å²) in [5.74, 6) is 16.0. The number of fused-ring (bicyclic) bond motifs is 3. The second kappa shape index (κ2) is 15.3. The average molecular weight is 765 g/mol. The zero-order chi connectivity index (χ0) is 40.3. The maximum atomic E-state index is 10.3. The van der Waals surface area contributed by atoms with Gasteiger partial charge in [-0.25, -0.2) is 0 Å². The predicted octanol–water partition coefficient (Wildman–Crippen LogP) is 11.0. The van der Waals surface area contributed by atoms with E-state index in [4.69, 9.17) is 20.9 Å². The third-order valence-electron chi connectivity index (χ3n) is 10.4. The third-order valence-corrected chi connectivity index (χ3v) is 10.4. The number of benzene rings is 8. The molecule has 0 spiro atoms. The van der Waals surface area contributed by atoms with Gasteiger partial charge in [0.1, 0.15) is 34.5 Å². The molecule has 0 aromatic heterocycles. The molecule has 6 heteroatoms. The van der Waals surface area contributed by atoms with Gasteiger partial charge in [-0.3, -0.25) is 0 Å². The molecule has 9 rings (SSSR count). The molecule has 0 atom stereocenters. The summed E-state index contributed by atoms with van der Waals surface area (Å²) in [6.07, 6.45) is 0. The maximum Gasteiger partial charge on any atom is 0.142 e. The quantitative estimate of drug-likeness (QED) is 0.0762. The Bertz CT molecular complexity index is 2770. The van der Waals surface area contributed by atoms with Crippen molar-refractivity contribution in [3.63, 3.8) is 0 Å². The molecule has 0 aliphatic heterocycles. The van der Waals surface area contributed by atoms with Crippen molar-refractivity contribution in [3.05, 3.63) is 226 Å². The minimum atomic E-state index is -0.926. The van der Waals surface area contributed by atoms with Crippen LogP contribution in [-0.4, -0.2) is 10.2 Å². The van der Waals surface area contributed by atoms with Crippen molar-refractivity contribution in [1.82, 2.24) is 0 Å². The standard InChI is InChI=1S/C53H36N2O4/c54-47-31-29-43(33-49(47)56)58-41-25-21-39(22-26-41)53(40-23-27-42(28-24-40)59-44-30-32-48(55)50(57)34-44)51-37(19-17-35-9-3-1-4-10-35)13-7-15-45(51)46-16-8-14-38(52(46)53)20-18-36-11-5-2-6-12-36/h1-16,21-34,56-57H,54-55H2. The lowest BCUT2D eigenvalue weighted by Gasteiger charge is -2.35. The SMILES string of the molecule is Nc1ccc(Oc2ccc(C3(c4ccc(Oc5ccc(N)c(O)c5)cc4)c4c(C#Cc5ccccc5)cccc4-c4cccc(C#Cc5ccccc5)c43)cc2)cc1O. The van der Waals surface area contributed by atoms with E-state index in [1.54, 1.807) is 24.3 Å². The van der Waals surface area contributed by atoms with Crippen LogP contribution in [0.2, 0.25) is 0 Å². The highest BCUT2D eigenvalue weighted by atomic mass is 16.5. The van der Waals surface area contributed by atoms with Crippen molar-refractivity contribution in [1.29, 1.82) is 0 Å². The number of nitrogen functional groups attached to an aromatic ring is 2. The lowest BCUT2D eigenvalue weighted by Crippen LogP contribution is -2.30. The molecule has 1 aliphatic carbocycles. The predicted molar refractivity (Wildman–Crippen MR) is 234 cm³/mol. The van der Waals surface area contributed by atoms with Crippen LogP contribution in [0.5, 0.6) is 34.5 Å². The van der Waals surface area contributed by atoms with E-state index >= 15 is 0 Å². The molecule has 0 bridgehead atoms. The van der Waals surface area contributed by atoms with Gasteiger partial charge in [-0.15, -0.1) is 0 Å². The summed E-state index contributed by atoms with van der Waals surface area (Å²) in [6, 6.07) is 58.3. The molecule has 0 heterocycles. The molecule has 1 aliphatic rings. The van der Waals surface area contributed by atoms with Gasteiger partial charge >= 0.3 is 0 Å². The number of anilines is 2. The van der Waals surface area contributed by atoms with Gasteiger partial charge in [-0.2, -0.15) is 0 Å². The van der Waals surface area contributed by atoms with Gasteiger partial charge < -0.3 is 31.2 Å². The number of aromatic hydroxyl groups is 2. The van der Waals surface area contributed by atoms with Gasteiger partial charge in [0.2, 0.25) is 0 Å². The summed E-state index contributed by atoms with van der Waals surface area (Å²) in [4.78, 5) is 0. The van der Waals surface area contributed by atoms with Crippen molar-refractivity contribution in [2.24, 2.45) is 0 Å². The van der Waals surface area contributed by atoms with Crippen LogP contribution in [0.25, 0.3) is 11.1 Å². The van der Waals surface area contributed by atoms with Gasteiger partial charge in [0, 0.05) is 34.4 Å². The topological polar surface area (TPSA) is 111 Å². The second-order valence-corrected chi connectivity index (χ2v) is 14.1. The molecule has 282 valence electrons. The van der Waals surface area contributed by atoms with Crippen molar-refractivity contribution >= 4 is 11.4 Å². The Morgan fingerprint density at radius 1 is 0.390 bits per heavy atom. The van der Waals surface area contributed by atoms with Crippen molar-refractivity contribution < 1.29 is 19.7 Å². The minimum Gasteiger partial charge on any atom is -0.506 e. The van der Waals surface area contributed by atoms with Gasteiger partial charge in [0.05, 0.1) is 16.8 Å². The summed E-state index contributed by atoms with van der Waals surface area (Å²) in [5.41, 5.74) is 21.0. The Labute approximate surface area is 342 Å². The van der Waals surface area contributed by atoms with Crippen LogP contribution in [0.3, 0.4) is 0 Å². The van der Waals surface area contributed by atoms with Gasteiger partial charge in [-0.1, -0.05) is 109 Å². The van der Waals surface area contributed by atoms with Gasteiger partial charge in [-0.05, 0) is 118 Å². The first-order valence-electron chi connectivity index (χ1n) is 19.0. The molecule has 0 amide bonds. The molecule has 0 saturated carbocycles. The fourth-order valence-corrected chi connectivity index (χ4v) is 7.75. The number of ether oxygens (including phenoxy) is 2. The monoisotopic (exact) mass is 764 g/mol. The van der Waals surface area contributed by atoms with Crippen LogP contribution in [0, 0.1) is 23.7 Å². The summed E-state index contributed by atoms with van der Waals surface area (Å²) in [7, 11) is 0. The molecule has 0 fully saturated rings. The Balaban J connectivity index is 1.28. The number of nitrogens with two attached hydrogens (primary N) is 2. The van der Waals surface area contributed by atoms with E-state index in [2.05, 4.69) is 84.3 Å². The van der Waals surface area contributed by atoms with E-state index in [0.717, 1.165) is 55.6 Å². The van der Waals surface area contributed by atoms with Crippen LogP contribution in [-0.2, 0) is 5.41 Å². The van der Waals surface area contributed by atoms with Crippen LogP contribution in [0.1, 0.15) is 44.5 Å². The van der Waals surface area contributed by atoms with E-state index in [1.165, 1.54) is 12.1 Å². The molecule has 8 aromatic carbocycles. The van der Waals surface area contributed by atoms with Crippen molar-refractivity contribution in [2.75, 3.05) is 11.5 Å². The molecule has 6 N–H and O–H groups in total.